The summed E-state index contributed by atoms with van der Waals surface area (Å²) in [4.78, 5) is 11.8. The Balaban J connectivity index is 4.46. The molecule has 0 aromatic heterocycles. The molecule has 0 spiro atoms. The van der Waals surface area contributed by atoms with E-state index in [4.69, 9.17) is 5.11 Å². The van der Waals surface area contributed by atoms with Crippen molar-refractivity contribution in [1.82, 2.24) is 5.32 Å². The quantitative estimate of drug-likeness (QED) is 0.649. The number of aliphatic hydroxyl groups excluding tert-OH is 1. The average Bonchev–Trinajstić information content (AvgIpc) is 2.14. The average molecular weight is 247 g/mol. The lowest BCUT2D eigenvalue weighted by Crippen LogP contribution is -2.47. The van der Waals surface area contributed by atoms with Gasteiger partial charge < -0.3 is 10.4 Å². The van der Waals surface area contributed by atoms with Crippen molar-refractivity contribution >= 4 is 18.5 Å². The molecule has 96 valence electrons. The Morgan fingerprint density at radius 1 is 1.38 bits per heavy atom. The van der Waals surface area contributed by atoms with Gasteiger partial charge in [-0.2, -0.15) is 12.6 Å². The van der Waals surface area contributed by atoms with Crippen LogP contribution in [0.3, 0.4) is 0 Å². The number of hydrogen-bond donors (Lipinski definition) is 3. The summed E-state index contributed by atoms with van der Waals surface area (Å²) in [5.41, 5.74) is -0.0527. The number of carbonyl (C=O) groups is 1. The SMILES string of the molecule is CC(C)C(S)C(=O)NC(CCO)C(C)(C)C. The summed E-state index contributed by atoms with van der Waals surface area (Å²) in [5.74, 6) is 0.157. The predicted octanol–water partition coefficient (Wildman–Crippen LogP) is 1.85. The molecular formula is C12H25NO2S. The summed E-state index contributed by atoms with van der Waals surface area (Å²) in [5, 5.41) is 11.7. The molecule has 2 unspecified atom stereocenters. The Hall–Kier alpha value is -0.220. The third-order valence-corrected chi connectivity index (χ3v) is 3.51. The first-order valence-corrected chi connectivity index (χ1v) is 6.31. The van der Waals surface area contributed by atoms with Gasteiger partial charge in [-0.3, -0.25) is 4.79 Å². The highest BCUT2D eigenvalue weighted by Crippen LogP contribution is 2.22. The largest absolute Gasteiger partial charge is 0.396 e. The Morgan fingerprint density at radius 2 is 1.88 bits per heavy atom. The first-order valence-electron chi connectivity index (χ1n) is 5.79. The molecule has 2 atom stereocenters. The molecule has 0 aliphatic carbocycles. The van der Waals surface area contributed by atoms with E-state index in [0.29, 0.717) is 6.42 Å². The van der Waals surface area contributed by atoms with Gasteiger partial charge in [0.05, 0.1) is 5.25 Å². The minimum absolute atomic E-state index is 0.0154. The summed E-state index contributed by atoms with van der Waals surface area (Å²) in [6.45, 7) is 10.2. The smallest absolute Gasteiger partial charge is 0.233 e. The number of aliphatic hydroxyl groups is 1. The highest BCUT2D eigenvalue weighted by Gasteiger charge is 2.28. The van der Waals surface area contributed by atoms with Crippen molar-refractivity contribution in [3.05, 3.63) is 0 Å². The Morgan fingerprint density at radius 3 is 2.19 bits per heavy atom. The van der Waals surface area contributed by atoms with Crippen molar-refractivity contribution in [2.45, 2.75) is 52.3 Å². The molecule has 0 saturated heterocycles. The zero-order valence-electron chi connectivity index (χ0n) is 10.9. The van der Waals surface area contributed by atoms with Gasteiger partial charge in [0.1, 0.15) is 0 Å². The third-order valence-electron chi connectivity index (χ3n) is 2.68. The first kappa shape index (κ1) is 15.8. The van der Waals surface area contributed by atoms with E-state index in [1.54, 1.807) is 0 Å². The molecule has 3 nitrogen and oxygen atoms in total. The van der Waals surface area contributed by atoms with Gasteiger partial charge in [-0.15, -0.1) is 0 Å². The van der Waals surface area contributed by atoms with Gasteiger partial charge in [0.15, 0.2) is 0 Å². The second kappa shape index (κ2) is 6.50. The van der Waals surface area contributed by atoms with E-state index in [9.17, 15) is 4.79 Å². The molecule has 0 saturated carbocycles. The van der Waals surface area contributed by atoms with E-state index in [0.717, 1.165) is 0 Å². The van der Waals surface area contributed by atoms with E-state index in [-0.39, 0.29) is 35.1 Å². The van der Waals surface area contributed by atoms with E-state index in [1.807, 2.05) is 13.8 Å². The van der Waals surface area contributed by atoms with E-state index >= 15 is 0 Å². The van der Waals surface area contributed by atoms with Crippen molar-refractivity contribution in [2.24, 2.45) is 11.3 Å². The van der Waals surface area contributed by atoms with Crippen LogP contribution in [0.5, 0.6) is 0 Å². The van der Waals surface area contributed by atoms with Crippen LogP contribution in [0, 0.1) is 11.3 Å². The second-order valence-corrected chi connectivity index (χ2v) is 6.18. The Kier molecular flexibility index (Phi) is 6.41. The first-order chi connectivity index (χ1) is 7.20. The zero-order valence-corrected chi connectivity index (χ0v) is 11.8. The minimum atomic E-state index is -0.288. The van der Waals surface area contributed by atoms with E-state index in [2.05, 4.69) is 38.7 Å². The molecular weight excluding hydrogens is 222 g/mol. The van der Waals surface area contributed by atoms with Crippen LogP contribution in [0.25, 0.3) is 0 Å². The van der Waals surface area contributed by atoms with Gasteiger partial charge >= 0.3 is 0 Å². The number of hydrogen-bond acceptors (Lipinski definition) is 3. The molecule has 0 fully saturated rings. The molecule has 0 aromatic carbocycles. The van der Waals surface area contributed by atoms with Gasteiger partial charge in [0.2, 0.25) is 5.91 Å². The summed E-state index contributed by atoms with van der Waals surface area (Å²) in [6.07, 6.45) is 0.577. The van der Waals surface area contributed by atoms with Crippen LogP contribution in [0.2, 0.25) is 0 Å². The van der Waals surface area contributed by atoms with Crippen LogP contribution in [-0.2, 0) is 4.79 Å². The summed E-state index contributed by atoms with van der Waals surface area (Å²) >= 11 is 4.28. The van der Waals surface area contributed by atoms with Crippen molar-refractivity contribution in [1.29, 1.82) is 0 Å². The lowest BCUT2D eigenvalue weighted by Gasteiger charge is -2.32. The monoisotopic (exact) mass is 247 g/mol. The van der Waals surface area contributed by atoms with Gasteiger partial charge in [0, 0.05) is 12.6 Å². The molecule has 2 N–H and O–H groups in total. The zero-order chi connectivity index (χ0) is 12.9. The maximum atomic E-state index is 11.8. The van der Waals surface area contributed by atoms with E-state index in [1.165, 1.54) is 0 Å². The maximum absolute atomic E-state index is 11.8. The fourth-order valence-electron chi connectivity index (χ4n) is 1.41. The van der Waals surface area contributed by atoms with Crippen molar-refractivity contribution in [2.75, 3.05) is 6.61 Å². The Labute approximate surface area is 104 Å². The molecule has 0 rings (SSSR count). The van der Waals surface area contributed by atoms with Gasteiger partial charge in [-0.05, 0) is 17.8 Å². The molecule has 4 heteroatoms. The van der Waals surface area contributed by atoms with Gasteiger partial charge in [-0.1, -0.05) is 34.6 Å². The molecule has 1 amide bonds. The summed E-state index contributed by atoms with van der Waals surface area (Å²) < 4.78 is 0. The summed E-state index contributed by atoms with van der Waals surface area (Å²) in [6, 6.07) is -0.0154. The lowest BCUT2D eigenvalue weighted by molar-refractivity contribution is -0.122. The van der Waals surface area contributed by atoms with Crippen molar-refractivity contribution < 1.29 is 9.90 Å². The van der Waals surface area contributed by atoms with Crippen molar-refractivity contribution in [3.63, 3.8) is 0 Å². The van der Waals surface area contributed by atoms with Gasteiger partial charge in [-0.25, -0.2) is 0 Å². The normalized spacial score (nSPS) is 16.0. The number of carbonyl (C=O) groups excluding carboxylic acids is 1. The lowest BCUT2D eigenvalue weighted by atomic mass is 9.84. The minimum Gasteiger partial charge on any atom is -0.396 e. The number of nitrogens with one attached hydrogen (secondary N) is 1. The van der Waals surface area contributed by atoms with Crippen molar-refractivity contribution in [3.8, 4) is 0 Å². The van der Waals surface area contributed by atoms with Crippen LogP contribution in [0.1, 0.15) is 41.0 Å². The van der Waals surface area contributed by atoms with Crippen LogP contribution >= 0.6 is 12.6 Å². The van der Waals surface area contributed by atoms with Crippen LogP contribution < -0.4 is 5.32 Å². The molecule has 0 radical (unpaired) electrons. The second-order valence-electron chi connectivity index (χ2n) is 5.63. The molecule has 0 bridgehead atoms. The topological polar surface area (TPSA) is 49.3 Å². The predicted molar refractivity (Wildman–Crippen MR) is 70.7 cm³/mol. The van der Waals surface area contributed by atoms with Gasteiger partial charge in [0.25, 0.3) is 0 Å². The highest BCUT2D eigenvalue weighted by molar-refractivity contribution is 7.81. The molecule has 0 aliphatic rings. The number of rotatable bonds is 5. The highest BCUT2D eigenvalue weighted by atomic mass is 32.1. The van der Waals surface area contributed by atoms with Crippen LogP contribution in [-0.4, -0.2) is 28.9 Å². The molecule has 0 aliphatic heterocycles. The maximum Gasteiger partial charge on any atom is 0.233 e. The summed E-state index contributed by atoms with van der Waals surface area (Å²) in [7, 11) is 0. The molecule has 0 heterocycles. The van der Waals surface area contributed by atoms with Crippen LogP contribution in [0.15, 0.2) is 0 Å². The number of amides is 1. The standard InChI is InChI=1S/C12H25NO2S/c1-8(2)10(16)11(15)13-9(6-7-14)12(3,4)5/h8-10,14,16H,6-7H2,1-5H3,(H,13,15). The molecule has 16 heavy (non-hydrogen) atoms. The fourth-order valence-corrected chi connectivity index (χ4v) is 1.49. The van der Waals surface area contributed by atoms with Crippen LogP contribution in [0.4, 0.5) is 0 Å². The third kappa shape index (κ3) is 5.21. The Bertz CT molecular complexity index is 224. The van der Waals surface area contributed by atoms with E-state index < -0.39 is 0 Å². The molecule has 0 aromatic rings. The number of thiol groups is 1. The fraction of sp³-hybridized carbons (Fsp3) is 0.917.